The molecule has 3 nitrogen and oxygen atoms in total. The fraction of sp³-hybridized carbons (Fsp3) is 0.333. The van der Waals surface area contributed by atoms with Gasteiger partial charge in [0.05, 0.1) is 7.11 Å². The number of ether oxygens (including phenoxy) is 1. The number of hydrogen-bond acceptors (Lipinski definition) is 3. The lowest BCUT2D eigenvalue weighted by atomic mass is 9.99. The van der Waals surface area contributed by atoms with E-state index < -0.39 is 29.3 Å². The van der Waals surface area contributed by atoms with Crippen LogP contribution in [0.2, 0.25) is 0 Å². The molecule has 1 aromatic rings. The van der Waals surface area contributed by atoms with Crippen molar-refractivity contribution in [2.24, 2.45) is 5.92 Å². The minimum Gasteiger partial charge on any atom is -0.468 e. The van der Waals surface area contributed by atoms with Crippen molar-refractivity contribution < 1.29 is 23.1 Å². The molecule has 0 radical (unpaired) electrons. The first-order chi connectivity index (χ1) is 7.93. The van der Waals surface area contributed by atoms with Crippen LogP contribution in [0.25, 0.3) is 0 Å². The van der Waals surface area contributed by atoms with Crippen LogP contribution in [0.4, 0.5) is 8.78 Å². The standard InChI is InChI=1S/C12H12F2O3/c1-7(12(16)17-2)11(15)5-8-3-9(13)6-10(14)4-8/h3-4,6-7H,5H2,1-2H3. The van der Waals surface area contributed by atoms with Crippen molar-refractivity contribution >= 4 is 11.8 Å². The van der Waals surface area contributed by atoms with Gasteiger partial charge in [-0.1, -0.05) is 0 Å². The predicted octanol–water partition coefficient (Wildman–Crippen LogP) is 1.89. The Labute approximate surface area is 97.4 Å². The van der Waals surface area contributed by atoms with Gasteiger partial charge in [-0.3, -0.25) is 9.59 Å². The predicted molar refractivity (Wildman–Crippen MR) is 56.2 cm³/mol. The molecular formula is C12H12F2O3. The molecule has 1 unspecified atom stereocenters. The zero-order valence-corrected chi connectivity index (χ0v) is 9.50. The summed E-state index contributed by atoms with van der Waals surface area (Å²) in [4.78, 5) is 22.7. The number of carbonyl (C=O) groups excluding carboxylic acids is 2. The Bertz CT molecular complexity index is 423. The number of methoxy groups -OCH3 is 1. The second kappa shape index (κ2) is 5.52. The topological polar surface area (TPSA) is 43.4 Å². The lowest BCUT2D eigenvalue weighted by Crippen LogP contribution is -2.23. The lowest BCUT2D eigenvalue weighted by Gasteiger charge is -2.08. The molecule has 0 heterocycles. The molecule has 17 heavy (non-hydrogen) atoms. The van der Waals surface area contributed by atoms with E-state index in [1.807, 2.05) is 0 Å². The van der Waals surface area contributed by atoms with E-state index in [-0.39, 0.29) is 12.0 Å². The van der Waals surface area contributed by atoms with Crippen LogP contribution in [0.1, 0.15) is 12.5 Å². The number of halogens is 2. The van der Waals surface area contributed by atoms with Crippen molar-refractivity contribution in [1.29, 1.82) is 0 Å². The van der Waals surface area contributed by atoms with Gasteiger partial charge in [0.15, 0.2) is 5.78 Å². The van der Waals surface area contributed by atoms with E-state index in [9.17, 15) is 18.4 Å². The van der Waals surface area contributed by atoms with Gasteiger partial charge in [-0.15, -0.1) is 0 Å². The molecule has 1 rings (SSSR count). The summed E-state index contributed by atoms with van der Waals surface area (Å²) in [6.07, 6.45) is -0.203. The van der Waals surface area contributed by atoms with E-state index in [4.69, 9.17) is 0 Å². The van der Waals surface area contributed by atoms with Gasteiger partial charge in [-0.25, -0.2) is 8.78 Å². The van der Waals surface area contributed by atoms with Gasteiger partial charge >= 0.3 is 5.97 Å². The SMILES string of the molecule is COC(=O)C(C)C(=O)Cc1cc(F)cc(F)c1. The molecule has 1 atom stereocenters. The van der Waals surface area contributed by atoms with Crippen molar-refractivity contribution in [3.8, 4) is 0 Å². The summed E-state index contributed by atoms with van der Waals surface area (Å²) in [5, 5.41) is 0. The second-order valence-electron chi connectivity index (χ2n) is 3.67. The molecule has 0 fully saturated rings. The van der Waals surface area contributed by atoms with Crippen molar-refractivity contribution in [2.75, 3.05) is 7.11 Å². The van der Waals surface area contributed by atoms with Crippen LogP contribution < -0.4 is 0 Å². The number of ketones is 1. The summed E-state index contributed by atoms with van der Waals surface area (Å²) >= 11 is 0. The Kier molecular flexibility index (Phi) is 4.31. The number of carbonyl (C=O) groups is 2. The van der Waals surface area contributed by atoms with Gasteiger partial charge in [-0.2, -0.15) is 0 Å². The van der Waals surface area contributed by atoms with Gasteiger partial charge in [0.1, 0.15) is 17.6 Å². The van der Waals surface area contributed by atoms with Crippen molar-refractivity contribution in [1.82, 2.24) is 0 Å². The number of hydrogen-bond donors (Lipinski definition) is 0. The number of esters is 1. The average molecular weight is 242 g/mol. The normalized spacial score (nSPS) is 12.0. The minimum absolute atomic E-state index is 0.197. The third kappa shape index (κ3) is 3.62. The molecule has 0 aliphatic rings. The molecule has 0 aromatic heterocycles. The molecule has 92 valence electrons. The largest absolute Gasteiger partial charge is 0.468 e. The van der Waals surface area contributed by atoms with E-state index in [1.165, 1.54) is 14.0 Å². The van der Waals surface area contributed by atoms with Gasteiger partial charge in [0.2, 0.25) is 0 Å². The average Bonchev–Trinajstić information content (AvgIpc) is 2.25. The first-order valence-corrected chi connectivity index (χ1v) is 4.99. The van der Waals surface area contributed by atoms with E-state index in [0.29, 0.717) is 0 Å². The van der Waals surface area contributed by atoms with Crippen LogP contribution in [-0.4, -0.2) is 18.9 Å². The van der Waals surface area contributed by atoms with Crippen LogP contribution in [0.15, 0.2) is 18.2 Å². The van der Waals surface area contributed by atoms with Crippen molar-refractivity contribution in [2.45, 2.75) is 13.3 Å². The molecule has 0 spiro atoms. The fourth-order valence-corrected chi connectivity index (χ4v) is 1.38. The van der Waals surface area contributed by atoms with E-state index in [1.54, 1.807) is 0 Å². The number of rotatable bonds is 4. The summed E-state index contributed by atoms with van der Waals surface area (Å²) in [5.41, 5.74) is 0.197. The maximum absolute atomic E-state index is 12.9. The first-order valence-electron chi connectivity index (χ1n) is 4.99. The molecular weight excluding hydrogens is 230 g/mol. The molecule has 0 amide bonds. The van der Waals surface area contributed by atoms with E-state index in [0.717, 1.165) is 18.2 Å². The Morgan fingerprint density at radius 3 is 2.24 bits per heavy atom. The van der Waals surface area contributed by atoms with Gasteiger partial charge in [0, 0.05) is 12.5 Å². The highest BCUT2D eigenvalue weighted by Crippen LogP contribution is 2.11. The van der Waals surface area contributed by atoms with Gasteiger partial charge in [0.25, 0.3) is 0 Å². The highest BCUT2D eigenvalue weighted by molar-refractivity contribution is 5.99. The molecule has 0 saturated carbocycles. The Morgan fingerprint density at radius 2 is 1.76 bits per heavy atom. The van der Waals surface area contributed by atoms with Crippen LogP contribution >= 0.6 is 0 Å². The van der Waals surface area contributed by atoms with E-state index in [2.05, 4.69) is 4.74 Å². The zero-order chi connectivity index (χ0) is 13.0. The van der Waals surface area contributed by atoms with Crippen LogP contribution in [0.5, 0.6) is 0 Å². The highest BCUT2D eigenvalue weighted by atomic mass is 19.1. The van der Waals surface area contributed by atoms with Crippen LogP contribution in [-0.2, 0) is 20.7 Å². The maximum atomic E-state index is 12.9. The molecule has 5 heteroatoms. The molecule has 0 bridgehead atoms. The summed E-state index contributed by atoms with van der Waals surface area (Å²) < 4.78 is 30.1. The molecule has 0 N–H and O–H groups in total. The smallest absolute Gasteiger partial charge is 0.315 e. The molecule has 0 saturated heterocycles. The van der Waals surface area contributed by atoms with Gasteiger partial charge in [-0.05, 0) is 24.6 Å². The Morgan fingerprint density at radius 1 is 1.24 bits per heavy atom. The fourth-order valence-electron chi connectivity index (χ4n) is 1.38. The number of benzene rings is 1. The maximum Gasteiger partial charge on any atom is 0.315 e. The summed E-state index contributed by atoms with van der Waals surface area (Å²) in [6, 6.07) is 2.84. The van der Waals surface area contributed by atoms with Crippen molar-refractivity contribution in [3.63, 3.8) is 0 Å². The minimum atomic E-state index is -0.939. The van der Waals surface area contributed by atoms with Crippen LogP contribution in [0, 0.1) is 17.6 Å². The first kappa shape index (κ1) is 13.3. The zero-order valence-electron chi connectivity index (χ0n) is 9.50. The third-order valence-electron chi connectivity index (χ3n) is 2.34. The lowest BCUT2D eigenvalue weighted by molar-refractivity contribution is -0.148. The molecule has 0 aliphatic heterocycles. The van der Waals surface area contributed by atoms with Crippen LogP contribution in [0.3, 0.4) is 0 Å². The Balaban J connectivity index is 2.77. The summed E-state index contributed by atoms with van der Waals surface area (Å²) in [6.45, 7) is 1.39. The molecule has 0 aliphatic carbocycles. The number of Topliss-reactive ketones (excluding diaryl/α,β-unsaturated/α-hetero) is 1. The quantitative estimate of drug-likeness (QED) is 0.598. The summed E-state index contributed by atoms with van der Waals surface area (Å²) in [5.74, 6) is -3.54. The third-order valence-corrected chi connectivity index (χ3v) is 2.34. The molecule has 1 aromatic carbocycles. The second-order valence-corrected chi connectivity index (χ2v) is 3.67. The Hall–Kier alpha value is -1.78. The van der Waals surface area contributed by atoms with Gasteiger partial charge < -0.3 is 4.74 Å². The summed E-state index contributed by atoms with van der Waals surface area (Å²) in [7, 11) is 1.17. The van der Waals surface area contributed by atoms with Crippen molar-refractivity contribution in [3.05, 3.63) is 35.4 Å². The monoisotopic (exact) mass is 242 g/mol. The van der Waals surface area contributed by atoms with E-state index >= 15 is 0 Å². The highest BCUT2D eigenvalue weighted by Gasteiger charge is 2.22.